The Labute approximate surface area is 125 Å². The van der Waals surface area contributed by atoms with E-state index in [0.717, 1.165) is 16.7 Å². The third-order valence-electron chi connectivity index (χ3n) is 3.29. The first-order chi connectivity index (χ1) is 9.87. The molecule has 0 aliphatic carbocycles. The number of anilines is 2. The Hall–Kier alpha value is -2.08. The zero-order chi connectivity index (χ0) is 15.5. The fourth-order valence-electron chi connectivity index (χ4n) is 2.00. The summed E-state index contributed by atoms with van der Waals surface area (Å²) in [4.78, 5) is 3.91. The fraction of sp³-hybridized carbons (Fsp3) is 0.267. The van der Waals surface area contributed by atoms with Crippen molar-refractivity contribution in [3.8, 4) is 0 Å². The van der Waals surface area contributed by atoms with Crippen molar-refractivity contribution in [2.75, 3.05) is 16.2 Å². The van der Waals surface area contributed by atoms with Crippen LogP contribution in [0.2, 0.25) is 0 Å². The molecule has 0 radical (unpaired) electrons. The van der Waals surface area contributed by atoms with Gasteiger partial charge in [-0.3, -0.25) is 9.71 Å². The van der Waals surface area contributed by atoms with E-state index < -0.39 is 10.0 Å². The van der Waals surface area contributed by atoms with Crippen LogP contribution in [0, 0.1) is 13.8 Å². The predicted octanol–water partition coefficient (Wildman–Crippen LogP) is 2.27. The van der Waals surface area contributed by atoms with Gasteiger partial charge in [-0.2, -0.15) is 0 Å². The SMILES string of the molecule is Cc1cc(C)c(NS(=O)(=O)CCc2ccncc2)cc1N. The summed E-state index contributed by atoms with van der Waals surface area (Å²) in [5.41, 5.74) is 9.68. The number of nitrogens with zero attached hydrogens (tertiary/aromatic N) is 1. The summed E-state index contributed by atoms with van der Waals surface area (Å²) in [6.45, 7) is 3.75. The Morgan fingerprint density at radius 3 is 2.48 bits per heavy atom. The molecule has 0 aliphatic heterocycles. The van der Waals surface area contributed by atoms with Gasteiger partial charge in [0.2, 0.25) is 10.0 Å². The van der Waals surface area contributed by atoms with Gasteiger partial charge in [-0.25, -0.2) is 8.42 Å². The van der Waals surface area contributed by atoms with E-state index in [1.807, 2.05) is 32.0 Å². The standard InChI is InChI=1S/C15H19N3O2S/c1-11-9-12(2)15(10-14(11)16)18-21(19,20)8-5-13-3-6-17-7-4-13/h3-4,6-7,9-10,18H,5,8,16H2,1-2H3. The highest BCUT2D eigenvalue weighted by Gasteiger charge is 2.13. The summed E-state index contributed by atoms with van der Waals surface area (Å²) in [7, 11) is -3.41. The first kappa shape index (κ1) is 15.3. The second kappa shape index (κ2) is 6.13. The number of sulfonamides is 1. The van der Waals surface area contributed by atoms with Crippen molar-refractivity contribution in [3.05, 3.63) is 53.3 Å². The quantitative estimate of drug-likeness (QED) is 0.830. The third-order valence-corrected chi connectivity index (χ3v) is 4.56. The molecule has 0 amide bonds. The third kappa shape index (κ3) is 4.19. The molecule has 1 aromatic carbocycles. The molecule has 112 valence electrons. The second-order valence-corrected chi connectivity index (χ2v) is 6.89. The van der Waals surface area contributed by atoms with Gasteiger partial charge in [0.05, 0.1) is 11.4 Å². The van der Waals surface area contributed by atoms with E-state index in [1.54, 1.807) is 18.5 Å². The van der Waals surface area contributed by atoms with Gasteiger partial charge in [-0.1, -0.05) is 6.07 Å². The van der Waals surface area contributed by atoms with Crippen LogP contribution in [0.15, 0.2) is 36.7 Å². The van der Waals surface area contributed by atoms with Gasteiger partial charge in [0.25, 0.3) is 0 Å². The van der Waals surface area contributed by atoms with Gasteiger partial charge in [0, 0.05) is 18.1 Å². The van der Waals surface area contributed by atoms with Crippen molar-refractivity contribution in [1.29, 1.82) is 0 Å². The Morgan fingerprint density at radius 1 is 1.14 bits per heavy atom. The molecule has 1 aromatic heterocycles. The number of rotatable bonds is 5. The van der Waals surface area contributed by atoms with Crippen molar-refractivity contribution in [2.24, 2.45) is 0 Å². The van der Waals surface area contributed by atoms with Crippen LogP contribution in [0.5, 0.6) is 0 Å². The van der Waals surface area contributed by atoms with Crippen LogP contribution in [0.3, 0.4) is 0 Å². The van der Waals surface area contributed by atoms with Gasteiger partial charge >= 0.3 is 0 Å². The number of aromatic nitrogens is 1. The minimum absolute atomic E-state index is 0.0181. The van der Waals surface area contributed by atoms with Crippen molar-refractivity contribution < 1.29 is 8.42 Å². The average molecular weight is 305 g/mol. The Bertz CT molecular complexity index is 728. The molecule has 0 unspecified atom stereocenters. The topological polar surface area (TPSA) is 85.1 Å². The highest BCUT2D eigenvalue weighted by Crippen LogP contribution is 2.23. The molecular weight excluding hydrogens is 286 g/mol. The molecule has 21 heavy (non-hydrogen) atoms. The zero-order valence-electron chi connectivity index (χ0n) is 12.1. The number of nitrogens with two attached hydrogens (primary N) is 1. The average Bonchev–Trinajstić information content (AvgIpc) is 2.44. The van der Waals surface area contributed by atoms with Crippen molar-refractivity contribution >= 4 is 21.4 Å². The van der Waals surface area contributed by atoms with Crippen molar-refractivity contribution in [3.63, 3.8) is 0 Å². The van der Waals surface area contributed by atoms with E-state index in [1.165, 1.54) is 0 Å². The second-order valence-electron chi connectivity index (χ2n) is 5.05. The van der Waals surface area contributed by atoms with E-state index in [-0.39, 0.29) is 5.75 Å². The largest absolute Gasteiger partial charge is 0.398 e. The summed E-state index contributed by atoms with van der Waals surface area (Å²) in [6.07, 6.45) is 3.75. The minimum Gasteiger partial charge on any atom is -0.398 e. The van der Waals surface area contributed by atoms with E-state index in [4.69, 9.17) is 5.73 Å². The maximum absolute atomic E-state index is 12.2. The normalized spacial score (nSPS) is 11.3. The fourth-order valence-corrected chi connectivity index (χ4v) is 3.16. The maximum Gasteiger partial charge on any atom is 0.233 e. The van der Waals surface area contributed by atoms with Crippen LogP contribution in [0.4, 0.5) is 11.4 Å². The predicted molar refractivity (Wildman–Crippen MR) is 85.7 cm³/mol. The first-order valence-electron chi connectivity index (χ1n) is 6.63. The minimum atomic E-state index is -3.41. The molecule has 2 aromatic rings. The molecule has 0 saturated heterocycles. The summed E-state index contributed by atoms with van der Waals surface area (Å²) in [5.74, 6) is 0.0181. The van der Waals surface area contributed by atoms with Crippen LogP contribution >= 0.6 is 0 Å². The zero-order valence-corrected chi connectivity index (χ0v) is 12.9. The maximum atomic E-state index is 12.2. The molecular formula is C15H19N3O2S. The number of hydrogen-bond acceptors (Lipinski definition) is 4. The highest BCUT2D eigenvalue weighted by atomic mass is 32.2. The summed E-state index contributed by atoms with van der Waals surface area (Å²) in [6, 6.07) is 7.15. The summed E-state index contributed by atoms with van der Waals surface area (Å²) >= 11 is 0. The van der Waals surface area contributed by atoms with Gasteiger partial charge in [-0.05, 0) is 55.2 Å². The molecule has 0 atom stereocenters. The molecule has 0 bridgehead atoms. The number of hydrogen-bond donors (Lipinski definition) is 2. The number of nitrogen functional groups attached to an aromatic ring is 1. The van der Waals surface area contributed by atoms with Crippen molar-refractivity contribution in [2.45, 2.75) is 20.3 Å². The molecule has 0 saturated carbocycles. The molecule has 6 heteroatoms. The van der Waals surface area contributed by atoms with Crippen LogP contribution in [-0.2, 0) is 16.4 Å². The summed E-state index contributed by atoms with van der Waals surface area (Å²) in [5, 5.41) is 0. The lowest BCUT2D eigenvalue weighted by atomic mass is 10.1. The number of nitrogens with one attached hydrogen (secondary N) is 1. The van der Waals surface area contributed by atoms with E-state index in [0.29, 0.717) is 17.8 Å². The number of benzene rings is 1. The van der Waals surface area contributed by atoms with Crippen LogP contribution < -0.4 is 10.5 Å². The molecule has 5 nitrogen and oxygen atoms in total. The van der Waals surface area contributed by atoms with Crippen LogP contribution in [-0.4, -0.2) is 19.2 Å². The summed E-state index contributed by atoms with van der Waals surface area (Å²) < 4.78 is 26.9. The van der Waals surface area contributed by atoms with Crippen molar-refractivity contribution in [1.82, 2.24) is 4.98 Å². The first-order valence-corrected chi connectivity index (χ1v) is 8.29. The lowest BCUT2D eigenvalue weighted by molar-refractivity contribution is 0.600. The molecule has 0 spiro atoms. The lowest BCUT2D eigenvalue weighted by Crippen LogP contribution is -2.19. The Morgan fingerprint density at radius 2 is 1.81 bits per heavy atom. The van der Waals surface area contributed by atoms with E-state index in [2.05, 4.69) is 9.71 Å². The molecule has 2 rings (SSSR count). The molecule has 0 aliphatic rings. The van der Waals surface area contributed by atoms with Gasteiger partial charge in [0.1, 0.15) is 0 Å². The van der Waals surface area contributed by atoms with Gasteiger partial charge < -0.3 is 5.73 Å². The lowest BCUT2D eigenvalue weighted by Gasteiger charge is -2.12. The van der Waals surface area contributed by atoms with Gasteiger partial charge in [-0.15, -0.1) is 0 Å². The monoisotopic (exact) mass is 305 g/mol. The van der Waals surface area contributed by atoms with Crippen LogP contribution in [0.25, 0.3) is 0 Å². The van der Waals surface area contributed by atoms with E-state index >= 15 is 0 Å². The smallest absolute Gasteiger partial charge is 0.233 e. The van der Waals surface area contributed by atoms with Gasteiger partial charge in [0.15, 0.2) is 0 Å². The van der Waals surface area contributed by atoms with Crippen LogP contribution in [0.1, 0.15) is 16.7 Å². The Kier molecular flexibility index (Phi) is 4.47. The molecule has 1 heterocycles. The molecule has 0 fully saturated rings. The number of pyridine rings is 1. The van der Waals surface area contributed by atoms with E-state index in [9.17, 15) is 8.42 Å². The highest BCUT2D eigenvalue weighted by molar-refractivity contribution is 7.92. The Balaban J connectivity index is 2.09. The molecule has 3 N–H and O–H groups in total. The number of aryl methyl sites for hydroxylation is 3.